The van der Waals surface area contributed by atoms with Gasteiger partial charge in [0.1, 0.15) is 6.10 Å². The van der Waals surface area contributed by atoms with Gasteiger partial charge in [0.2, 0.25) is 0 Å². The number of hydrogen-bond acceptors (Lipinski definition) is 2. The van der Waals surface area contributed by atoms with Gasteiger partial charge in [-0.05, 0) is 0 Å². The third-order valence-corrected chi connectivity index (χ3v) is 1.18. The molecule has 1 aliphatic rings. The number of ether oxygens (including phenoxy) is 1. The van der Waals surface area contributed by atoms with Crippen LogP contribution in [0.2, 0.25) is 0 Å². The van der Waals surface area contributed by atoms with Crippen LogP contribution in [0, 0.1) is 0 Å². The highest BCUT2D eigenvalue weighted by molar-refractivity contribution is 4.96. The number of hydrogen-bond donors (Lipinski definition) is 1. The Morgan fingerprint density at radius 2 is 2.22 bits per heavy atom. The lowest BCUT2D eigenvalue weighted by Crippen LogP contribution is -2.07. The van der Waals surface area contributed by atoms with Crippen molar-refractivity contribution in [3.63, 3.8) is 0 Å². The fourth-order valence-corrected chi connectivity index (χ4v) is 0.564. The molecule has 1 saturated carbocycles. The summed E-state index contributed by atoms with van der Waals surface area (Å²) in [7, 11) is 0. The molecular weight excluding hydrogens is 130 g/mol. The fourth-order valence-electron chi connectivity index (χ4n) is 0.564. The van der Waals surface area contributed by atoms with Crippen LogP contribution < -0.4 is 0 Å². The summed E-state index contributed by atoms with van der Waals surface area (Å²) in [5, 5.41) is 8.14. The summed E-state index contributed by atoms with van der Waals surface area (Å²) in [6.45, 7) is -0.174. The summed E-state index contributed by atoms with van der Waals surface area (Å²) in [5.74, 6) is -2.62. The van der Waals surface area contributed by atoms with Crippen molar-refractivity contribution >= 4 is 0 Å². The Morgan fingerprint density at radius 3 is 2.56 bits per heavy atom. The summed E-state index contributed by atoms with van der Waals surface area (Å²) >= 11 is 0. The van der Waals surface area contributed by atoms with Gasteiger partial charge in [-0.25, -0.2) is 8.78 Å². The van der Waals surface area contributed by atoms with Gasteiger partial charge < -0.3 is 9.84 Å². The number of aliphatic hydroxyl groups is 1. The smallest absolute Gasteiger partial charge is 0.276 e. The Morgan fingerprint density at radius 1 is 1.67 bits per heavy atom. The van der Waals surface area contributed by atoms with Gasteiger partial charge in [0.25, 0.3) is 5.92 Å². The van der Waals surface area contributed by atoms with E-state index in [2.05, 4.69) is 4.74 Å². The molecule has 0 saturated heterocycles. The first-order valence-corrected chi connectivity index (χ1v) is 2.77. The van der Waals surface area contributed by atoms with Gasteiger partial charge in [-0.2, -0.15) is 0 Å². The maximum absolute atomic E-state index is 11.9. The lowest BCUT2D eigenvalue weighted by atomic mass is 10.7. The van der Waals surface area contributed by atoms with E-state index in [0.29, 0.717) is 0 Å². The number of aliphatic hydroxyl groups excluding tert-OH is 1. The predicted octanol–water partition coefficient (Wildman–Crippen LogP) is 0.403. The van der Waals surface area contributed by atoms with Gasteiger partial charge in [0.05, 0.1) is 13.2 Å². The number of alkyl halides is 2. The summed E-state index contributed by atoms with van der Waals surface area (Å²) < 4.78 is 28.3. The lowest BCUT2D eigenvalue weighted by Gasteiger charge is -1.97. The molecule has 0 aromatic heterocycles. The van der Waals surface area contributed by atoms with Crippen LogP contribution in [-0.2, 0) is 4.74 Å². The molecule has 1 rings (SSSR count). The van der Waals surface area contributed by atoms with Crippen molar-refractivity contribution in [3.8, 4) is 0 Å². The Kier molecular flexibility index (Phi) is 1.68. The average Bonchev–Trinajstić information content (AvgIpc) is 2.35. The van der Waals surface area contributed by atoms with Crippen LogP contribution in [0.3, 0.4) is 0 Å². The minimum Gasteiger partial charge on any atom is -0.394 e. The van der Waals surface area contributed by atoms with Crippen molar-refractivity contribution in [1.82, 2.24) is 0 Å². The second-order valence-corrected chi connectivity index (χ2v) is 2.05. The maximum atomic E-state index is 11.9. The second kappa shape index (κ2) is 2.19. The molecule has 1 N–H and O–H groups in total. The normalized spacial score (nSPS) is 30.3. The van der Waals surface area contributed by atoms with Crippen molar-refractivity contribution in [2.75, 3.05) is 13.2 Å². The van der Waals surface area contributed by atoms with Crippen molar-refractivity contribution in [1.29, 1.82) is 0 Å². The number of rotatable bonds is 3. The minimum absolute atomic E-state index is 0.0141. The molecule has 0 heterocycles. The Bertz CT molecular complexity index is 105. The first-order chi connectivity index (χ1) is 4.17. The molecule has 0 aromatic carbocycles. The first-order valence-electron chi connectivity index (χ1n) is 2.77. The molecule has 0 bridgehead atoms. The van der Waals surface area contributed by atoms with E-state index < -0.39 is 12.0 Å². The van der Waals surface area contributed by atoms with E-state index in [1.54, 1.807) is 0 Å². The fraction of sp³-hybridized carbons (Fsp3) is 1.00. The Labute approximate surface area is 51.4 Å². The summed E-state index contributed by atoms with van der Waals surface area (Å²) in [5.41, 5.74) is 0. The zero-order valence-corrected chi connectivity index (χ0v) is 4.81. The van der Waals surface area contributed by atoms with E-state index in [-0.39, 0.29) is 19.6 Å². The molecular formula is C5H8F2O2. The van der Waals surface area contributed by atoms with Gasteiger partial charge in [0, 0.05) is 6.42 Å². The topological polar surface area (TPSA) is 29.5 Å². The highest BCUT2D eigenvalue weighted by Gasteiger charge is 2.58. The van der Waals surface area contributed by atoms with Crippen LogP contribution >= 0.6 is 0 Å². The van der Waals surface area contributed by atoms with Gasteiger partial charge >= 0.3 is 0 Å². The monoisotopic (exact) mass is 138 g/mol. The molecule has 1 atom stereocenters. The van der Waals surface area contributed by atoms with Crippen LogP contribution in [0.5, 0.6) is 0 Å². The van der Waals surface area contributed by atoms with Crippen LogP contribution in [0.15, 0.2) is 0 Å². The predicted molar refractivity (Wildman–Crippen MR) is 26.4 cm³/mol. The van der Waals surface area contributed by atoms with Crippen molar-refractivity contribution < 1.29 is 18.6 Å². The van der Waals surface area contributed by atoms with Crippen LogP contribution in [0.4, 0.5) is 8.78 Å². The molecule has 4 heteroatoms. The van der Waals surface area contributed by atoms with Gasteiger partial charge in [-0.15, -0.1) is 0 Å². The zero-order valence-electron chi connectivity index (χ0n) is 4.81. The highest BCUT2D eigenvalue weighted by Crippen LogP contribution is 2.44. The molecule has 9 heavy (non-hydrogen) atoms. The molecule has 0 aromatic rings. The summed E-state index contributed by atoms with van der Waals surface area (Å²) in [6.07, 6.45) is -1.11. The molecule has 0 aliphatic heterocycles. The van der Waals surface area contributed by atoms with E-state index in [4.69, 9.17) is 5.11 Å². The molecule has 0 spiro atoms. The van der Waals surface area contributed by atoms with E-state index in [1.807, 2.05) is 0 Å². The highest BCUT2D eigenvalue weighted by atomic mass is 19.3. The maximum Gasteiger partial charge on any atom is 0.276 e. The molecule has 0 radical (unpaired) electrons. The van der Waals surface area contributed by atoms with E-state index in [0.717, 1.165) is 0 Å². The number of halogens is 2. The summed E-state index contributed by atoms with van der Waals surface area (Å²) in [6, 6.07) is 0. The SMILES string of the molecule is OCCO[C@@H]1CC1(F)F. The Balaban J connectivity index is 2.06. The molecule has 1 aliphatic carbocycles. The third-order valence-electron chi connectivity index (χ3n) is 1.18. The first kappa shape index (κ1) is 6.89. The van der Waals surface area contributed by atoms with E-state index in [1.165, 1.54) is 0 Å². The van der Waals surface area contributed by atoms with Crippen LogP contribution in [0.25, 0.3) is 0 Å². The van der Waals surface area contributed by atoms with Gasteiger partial charge in [-0.3, -0.25) is 0 Å². The molecule has 54 valence electrons. The van der Waals surface area contributed by atoms with Crippen molar-refractivity contribution in [2.45, 2.75) is 18.4 Å². The summed E-state index contributed by atoms with van der Waals surface area (Å²) in [4.78, 5) is 0. The third kappa shape index (κ3) is 1.59. The Hall–Kier alpha value is -0.220. The van der Waals surface area contributed by atoms with Gasteiger partial charge in [-0.1, -0.05) is 0 Å². The second-order valence-electron chi connectivity index (χ2n) is 2.05. The molecule has 2 nitrogen and oxygen atoms in total. The van der Waals surface area contributed by atoms with Gasteiger partial charge in [0.15, 0.2) is 0 Å². The van der Waals surface area contributed by atoms with E-state index in [9.17, 15) is 8.78 Å². The van der Waals surface area contributed by atoms with Crippen molar-refractivity contribution in [2.24, 2.45) is 0 Å². The largest absolute Gasteiger partial charge is 0.394 e. The minimum atomic E-state index is -2.62. The van der Waals surface area contributed by atoms with Crippen LogP contribution in [0.1, 0.15) is 6.42 Å². The van der Waals surface area contributed by atoms with Crippen LogP contribution in [-0.4, -0.2) is 30.3 Å². The quantitative estimate of drug-likeness (QED) is 0.611. The zero-order chi connectivity index (χ0) is 6.91. The molecule has 1 fully saturated rings. The van der Waals surface area contributed by atoms with Crippen molar-refractivity contribution in [3.05, 3.63) is 0 Å². The van der Waals surface area contributed by atoms with E-state index >= 15 is 0 Å². The average molecular weight is 138 g/mol. The lowest BCUT2D eigenvalue weighted by molar-refractivity contribution is 0.00160. The standard InChI is InChI=1S/C5H8F2O2/c6-5(7)3-4(5)9-2-1-8/h4,8H,1-3H2/t4-/m1/s1. The molecule has 0 amide bonds. The molecule has 0 unspecified atom stereocenters.